The minimum absolute atomic E-state index is 0.0525. The van der Waals surface area contributed by atoms with Gasteiger partial charge in [-0.15, -0.1) is 0 Å². The Labute approximate surface area is 127 Å². The van der Waals surface area contributed by atoms with Gasteiger partial charge in [0.1, 0.15) is 30.2 Å². The molecule has 1 aliphatic rings. The van der Waals surface area contributed by atoms with E-state index < -0.39 is 37.3 Å². The average molecular weight is 312 g/mol. The third-order valence-corrected chi connectivity index (χ3v) is 3.40. The fraction of sp³-hybridized carbons (Fsp3) is 0.467. The zero-order valence-corrected chi connectivity index (χ0v) is 11.8. The molecule has 22 heavy (non-hydrogen) atoms. The molecule has 0 aromatic heterocycles. The van der Waals surface area contributed by atoms with Gasteiger partial charge in [-0.05, 0) is 17.7 Å². The highest BCUT2D eigenvalue weighted by Crippen LogP contribution is 2.24. The molecule has 0 bridgehead atoms. The lowest BCUT2D eigenvalue weighted by Gasteiger charge is -2.39. The molecule has 1 fully saturated rings. The molecule has 5 N–H and O–H groups in total. The number of rotatable bonds is 5. The predicted molar refractivity (Wildman–Crippen MR) is 77.0 cm³/mol. The second-order valence-electron chi connectivity index (χ2n) is 4.97. The zero-order chi connectivity index (χ0) is 16.1. The summed E-state index contributed by atoms with van der Waals surface area (Å²) in [4.78, 5) is 0. The lowest BCUT2D eigenvalue weighted by Crippen LogP contribution is -2.60. The normalized spacial score (nSPS) is 32.3. The second-order valence-corrected chi connectivity index (χ2v) is 4.97. The third kappa shape index (κ3) is 3.83. The van der Waals surface area contributed by atoms with Crippen molar-refractivity contribution in [3.05, 3.63) is 35.9 Å². The number of ether oxygens (including phenoxy) is 2. The summed E-state index contributed by atoms with van der Waals surface area (Å²) in [5.41, 5.74) is 0.857. The molecule has 5 atom stereocenters. The van der Waals surface area contributed by atoms with Gasteiger partial charge in [0.05, 0.1) is 13.2 Å². The van der Waals surface area contributed by atoms with Crippen LogP contribution in [0, 0.1) is 0 Å². The molecule has 0 aliphatic carbocycles. The summed E-state index contributed by atoms with van der Waals surface area (Å²) in [6.45, 7) is -0.557. The molecular weight excluding hydrogens is 292 g/mol. The van der Waals surface area contributed by atoms with E-state index in [0.29, 0.717) is 5.75 Å². The van der Waals surface area contributed by atoms with Gasteiger partial charge in [0.25, 0.3) is 0 Å². The van der Waals surface area contributed by atoms with E-state index in [-0.39, 0.29) is 6.61 Å². The molecule has 0 unspecified atom stereocenters. The number of hydrogen-bond donors (Lipinski definition) is 5. The zero-order valence-electron chi connectivity index (χ0n) is 11.8. The van der Waals surface area contributed by atoms with Crippen LogP contribution in [0.15, 0.2) is 30.3 Å². The molecule has 122 valence electrons. The van der Waals surface area contributed by atoms with Crippen molar-refractivity contribution in [2.24, 2.45) is 0 Å². The van der Waals surface area contributed by atoms with Gasteiger partial charge < -0.3 is 35.0 Å². The molecule has 1 aromatic rings. The first-order valence-corrected chi connectivity index (χ1v) is 6.91. The molecule has 1 aromatic carbocycles. The van der Waals surface area contributed by atoms with Gasteiger partial charge in [-0.1, -0.05) is 24.3 Å². The van der Waals surface area contributed by atoms with E-state index in [0.717, 1.165) is 5.56 Å². The second kappa shape index (κ2) is 7.68. The maximum Gasteiger partial charge on any atom is 0.229 e. The topological polar surface area (TPSA) is 120 Å². The molecule has 2 rings (SSSR count). The third-order valence-electron chi connectivity index (χ3n) is 3.40. The van der Waals surface area contributed by atoms with Gasteiger partial charge in [0, 0.05) is 0 Å². The minimum Gasteiger partial charge on any atom is -0.462 e. The summed E-state index contributed by atoms with van der Waals surface area (Å²) in [5.74, 6) is 0.394. The Balaban J connectivity index is 2.04. The van der Waals surface area contributed by atoms with E-state index in [4.69, 9.17) is 19.7 Å². The maximum absolute atomic E-state index is 9.87. The van der Waals surface area contributed by atoms with Gasteiger partial charge >= 0.3 is 0 Å². The van der Waals surface area contributed by atoms with Crippen molar-refractivity contribution >= 4 is 6.08 Å². The summed E-state index contributed by atoms with van der Waals surface area (Å²) >= 11 is 0. The molecule has 0 amide bonds. The molecule has 1 aliphatic heterocycles. The smallest absolute Gasteiger partial charge is 0.229 e. The molecule has 0 spiro atoms. The standard InChI is InChI=1S/C15H20O7/c16-7-1-2-9-3-5-10(6-4-9)21-15-14(20)13(19)12(18)11(8-17)22-15/h1-6,11-20H,7-8H2/t11-,12-,13+,14-,15+/m1/s1. The SMILES string of the molecule is OCC=Cc1ccc(O[C@H]2O[C@H](CO)[C@@H](O)[C@H](O)[C@H]2O)cc1. The van der Waals surface area contributed by atoms with E-state index in [1.807, 2.05) is 0 Å². The number of aliphatic hydroxyl groups excluding tert-OH is 5. The van der Waals surface area contributed by atoms with Crippen LogP contribution in [0.3, 0.4) is 0 Å². The highest BCUT2D eigenvalue weighted by molar-refractivity contribution is 5.50. The van der Waals surface area contributed by atoms with E-state index in [1.165, 1.54) is 0 Å². The lowest BCUT2D eigenvalue weighted by molar-refractivity contribution is -0.277. The first kappa shape index (κ1) is 16.9. The quantitative estimate of drug-likeness (QED) is 0.467. The molecule has 7 heteroatoms. The van der Waals surface area contributed by atoms with Crippen LogP contribution in [0.1, 0.15) is 5.56 Å². The van der Waals surface area contributed by atoms with E-state index in [2.05, 4.69) is 0 Å². The Hall–Kier alpha value is -1.48. The highest BCUT2D eigenvalue weighted by atomic mass is 16.7. The van der Waals surface area contributed by atoms with Crippen LogP contribution in [0.5, 0.6) is 5.75 Å². The summed E-state index contributed by atoms with van der Waals surface area (Å²) in [5, 5.41) is 47.0. The number of hydrogen-bond acceptors (Lipinski definition) is 7. The fourth-order valence-electron chi connectivity index (χ4n) is 2.15. The number of benzene rings is 1. The summed E-state index contributed by atoms with van der Waals surface area (Å²) in [6, 6.07) is 6.76. The van der Waals surface area contributed by atoms with Crippen molar-refractivity contribution in [1.82, 2.24) is 0 Å². The van der Waals surface area contributed by atoms with Crippen LogP contribution >= 0.6 is 0 Å². The van der Waals surface area contributed by atoms with Crippen LogP contribution in [0.2, 0.25) is 0 Å². The molecule has 0 saturated carbocycles. The van der Waals surface area contributed by atoms with Crippen LogP contribution in [-0.4, -0.2) is 69.5 Å². The Kier molecular flexibility index (Phi) is 5.90. The Morgan fingerprint density at radius 1 is 1.00 bits per heavy atom. The van der Waals surface area contributed by atoms with E-state index in [9.17, 15) is 15.3 Å². The fourth-order valence-corrected chi connectivity index (χ4v) is 2.15. The lowest BCUT2D eigenvalue weighted by atomic mass is 9.99. The summed E-state index contributed by atoms with van der Waals surface area (Å²) < 4.78 is 10.7. The molecule has 7 nitrogen and oxygen atoms in total. The van der Waals surface area contributed by atoms with Gasteiger partial charge in [-0.25, -0.2) is 0 Å². The van der Waals surface area contributed by atoms with E-state index in [1.54, 1.807) is 36.4 Å². The molecule has 1 heterocycles. The maximum atomic E-state index is 9.87. The first-order valence-electron chi connectivity index (χ1n) is 6.91. The van der Waals surface area contributed by atoms with Crippen molar-refractivity contribution in [3.8, 4) is 5.75 Å². The van der Waals surface area contributed by atoms with Gasteiger partial charge in [-0.2, -0.15) is 0 Å². The minimum atomic E-state index is -1.47. The molecule has 1 saturated heterocycles. The molecule has 0 radical (unpaired) electrons. The van der Waals surface area contributed by atoms with Gasteiger partial charge in [0.2, 0.25) is 6.29 Å². The number of aliphatic hydroxyl groups is 5. The van der Waals surface area contributed by atoms with Crippen LogP contribution < -0.4 is 4.74 Å². The van der Waals surface area contributed by atoms with Crippen LogP contribution in [0.4, 0.5) is 0 Å². The van der Waals surface area contributed by atoms with Gasteiger partial charge in [0.15, 0.2) is 0 Å². The first-order chi connectivity index (χ1) is 10.6. The van der Waals surface area contributed by atoms with Crippen LogP contribution in [-0.2, 0) is 4.74 Å². The summed E-state index contributed by atoms with van der Waals surface area (Å²) in [7, 11) is 0. The van der Waals surface area contributed by atoms with Crippen molar-refractivity contribution in [2.45, 2.75) is 30.7 Å². The largest absolute Gasteiger partial charge is 0.462 e. The van der Waals surface area contributed by atoms with Crippen LogP contribution in [0.25, 0.3) is 6.08 Å². The highest BCUT2D eigenvalue weighted by Gasteiger charge is 2.44. The van der Waals surface area contributed by atoms with Crippen molar-refractivity contribution in [1.29, 1.82) is 0 Å². The Morgan fingerprint density at radius 3 is 2.27 bits per heavy atom. The van der Waals surface area contributed by atoms with Crippen molar-refractivity contribution < 1.29 is 35.0 Å². The molecular formula is C15H20O7. The Bertz CT molecular complexity index is 485. The monoisotopic (exact) mass is 312 g/mol. The van der Waals surface area contributed by atoms with Gasteiger partial charge in [-0.3, -0.25) is 0 Å². The predicted octanol–water partition coefficient (Wildman–Crippen LogP) is -1.13. The summed E-state index contributed by atoms with van der Waals surface area (Å²) in [6.07, 6.45) is -3.20. The van der Waals surface area contributed by atoms with Crippen molar-refractivity contribution in [3.63, 3.8) is 0 Å². The Morgan fingerprint density at radius 2 is 1.68 bits per heavy atom. The van der Waals surface area contributed by atoms with E-state index >= 15 is 0 Å². The van der Waals surface area contributed by atoms with Crippen molar-refractivity contribution in [2.75, 3.05) is 13.2 Å². The average Bonchev–Trinajstić information content (AvgIpc) is 2.54.